The molecule has 0 aliphatic heterocycles. The van der Waals surface area contributed by atoms with Crippen molar-refractivity contribution in [1.29, 1.82) is 0 Å². The van der Waals surface area contributed by atoms with Crippen LogP contribution in [-0.2, 0) is 6.42 Å². The van der Waals surface area contributed by atoms with E-state index in [9.17, 15) is 4.39 Å². The van der Waals surface area contributed by atoms with Crippen molar-refractivity contribution in [3.63, 3.8) is 0 Å². The van der Waals surface area contributed by atoms with Gasteiger partial charge in [0, 0.05) is 0 Å². The van der Waals surface area contributed by atoms with Crippen molar-refractivity contribution < 1.29 is 4.39 Å². The fourth-order valence-corrected chi connectivity index (χ4v) is 5.70. The molecule has 0 amide bonds. The van der Waals surface area contributed by atoms with Crippen LogP contribution in [0.15, 0.2) is 43.0 Å². The molecule has 0 N–H and O–H groups in total. The predicted molar refractivity (Wildman–Crippen MR) is 114 cm³/mol. The van der Waals surface area contributed by atoms with Crippen molar-refractivity contribution in [3.05, 3.63) is 59.9 Å². The number of allylic oxidation sites excluding steroid dienone is 1. The van der Waals surface area contributed by atoms with Gasteiger partial charge >= 0.3 is 0 Å². The third-order valence-electron chi connectivity index (χ3n) is 7.42. The molecule has 0 nitrogen and oxygen atoms in total. The first-order valence-electron chi connectivity index (χ1n) is 11.0. The SMILES string of the molecule is C=CCCc1cc2ccc([C@@H]3CC[C@@H]4CC(CC)CCC4C3)cc2cc1F. The molecule has 2 aliphatic rings. The van der Waals surface area contributed by atoms with E-state index in [0.29, 0.717) is 5.92 Å². The van der Waals surface area contributed by atoms with Gasteiger partial charge in [0.25, 0.3) is 0 Å². The molecule has 0 heterocycles. The molecule has 0 radical (unpaired) electrons. The van der Waals surface area contributed by atoms with Crippen LogP contribution in [0.5, 0.6) is 0 Å². The van der Waals surface area contributed by atoms with Crippen LogP contribution < -0.4 is 0 Å². The minimum absolute atomic E-state index is 0.0666. The molecular formula is C26H33F. The van der Waals surface area contributed by atoms with Gasteiger partial charge in [0.05, 0.1) is 0 Å². The molecule has 0 bridgehead atoms. The first-order chi connectivity index (χ1) is 13.2. The van der Waals surface area contributed by atoms with Gasteiger partial charge in [-0.15, -0.1) is 6.58 Å². The van der Waals surface area contributed by atoms with Crippen LogP contribution in [0.2, 0.25) is 0 Å². The van der Waals surface area contributed by atoms with Crippen LogP contribution in [-0.4, -0.2) is 0 Å². The Hall–Kier alpha value is -1.63. The molecule has 4 atom stereocenters. The molecule has 2 aromatic rings. The molecular weight excluding hydrogens is 331 g/mol. The highest BCUT2D eigenvalue weighted by atomic mass is 19.1. The fourth-order valence-electron chi connectivity index (χ4n) is 5.70. The standard InChI is InChI=1S/C26H33F/c1-3-5-6-24-15-23-12-11-22(16-25(23)17-26(24)27)21-10-9-19-13-18(4-2)7-8-20(19)14-21/h3,11-12,15-21H,1,4-10,13-14H2,2H3/t18?,19-,20?,21-/m1/s1. The highest BCUT2D eigenvalue weighted by Gasteiger charge is 2.35. The molecule has 2 aliphatic carbocycles. The Morgan fingerprint density at radius 3 is 2.63 bits per heavy atom. The van der Waals surface area contributed by atoms with Gasteiger partial charge in [-0.1, -0.05) is 44.0 Å². The number of hydrogen-bond acceptors (Lipinski definition) is 0. The van der Waals surface area contributed by atoms with Gasteiger partial charge in [0.15, 0.2) is 0 Å². The Bertz CT molecular complexity index is 805. The van der Waals surface area contributed by atoms with Crippen molar-refractivity contribution in [2.75, 3.05) is 0 Å². The van der Waals surface area contributed by atoms with Gasteiger partial charge in [-0.2, -0.15) is 0 Å². The Morgan fingerprint density at radius 1 is 1.00 bits per heavy atom. The highest BCUT2D eigenvalue weighted by molar-refractivity contribution is 5.84. The summed E-state index contributed by atoms with van der Waals surface area (Å²) in [7, 11) is 0. The number of benzene rings is 2. The quantitative estimate of drug-likeness (QED) is 0.475. The average molecular weight is 365 g/mol. The smallest absolute Gasteiger partial charge is 0.127 e. The molecule has 2 fully saturated rings. The van der Waals surface area contributed by atoms with E-state index in [2.05, 4.69) is 31.7 Å². The van der Waals surface area contributed by atoms with Gasteiger partial charge in [0.1, 0.15) is 5.82 Å². The molecule has 0 aromatic heterocycles. The van der Waals surface area contributed by atoms with Crippen LogP contribution in [0, 0.1) is 23.6 Å². The molecule has 0 spiro atoms. The van der Waals surface area contributed by atoms with Gasteiger partial charge in [-0.3, -0.25) is 0 Å². The van der Waals surface area contributed by atoms with E-state index in [1.807, 2.05) is 12.1 Å². The summed E-state index contributed by atoms with van der Waals surface area (Å²) in [6.07, 6.45) is 13.1. The molecule has 27 heavy (non-hydrogen) atoms. The van der Waals surface area contributed by atoms with Crippen molar-refractivity contribution >= 4 is 10.8 Å². The first kappa shape index (κ1) is 18.7. The van der Waals surface area contributed by atoms with E-state index in [-0.39, 0.29) is 5.82 Å². The lowest BCUT2D eigenvalue weighted by Crippen LogP contribution is -2.30. The van der Waals surface area contributed by atoms with E-state index >= 15 is 0 Å². The third-order valence-corrected chi connectivity index (χ3v) is 7.42. The number of fused-ring (bicyclic) bond motifs is 2. The van der Waals surface area contributed by atoms with Crippen molar-refractivity contribution in [2.45, 2.75) is 70.6 Å². The summed E-state index contributed by atoms with van der Waals surface area (Å²) in [5, 5.41) is 2.22. The van der Waals surface area contributed by atoms with Crippen LogP contribution in [0.25, 0.3) is 10.8 Å². The number of halogens is 1. The molecule has 2 saturated carbocycles. The Morgan fingerprint density at radius 2 is 1.81 bits per heavy atom. The van der Waals surface area contributed by atoms with E-state index in [1.54, 1.807) is 6.07 Å². The van der Waals surface area contributed by atoms with Crippen LogP contribution >= 0.6 is 0 Å². The van der Waals surface area contributed by atoms with Gasteiger partial charge in [0.2, 0.25) is 0 Å². The van der Waals surface area contributed by atoms with E-state index < -0.39 is 0 Å². The molecule has 2 aromatic carbocycles. The van der Waals surface area contributed by atoms with Gasteiger partial charge in [-0.05, 0) is 103 Å². The molecule has 0 saturated heterocycles. The summed E-state index contributed by atoms with van der Waals surface area (Å²) < 4.78 is 14.5. The van der Waals surface area contributed by atoms with Crippen molar-refractivity contribution in [3.8, 4) is 0 Å². The summed E-state index contributed by atoms with van der Waals surface area (Å²) in [4.78, 5) is 0. The minimum Gasteiger partial charge on any atom is -0.207 e. The lowest BCUT2D eigenvalue weighted by atomic mass is 9.63. The summed E-state index contributed by atoms with van der Waals surface area (Å²) in [5.74, 6) is 3.45. The summed E-state index contributed by atoms with van der Waals surface area (Å²) >= 11 is 0. The number of rotatable bonds is 5. The second kappa shape index (κ2) is 8.17. The number of hydrogen-bond donors (Lipinski definition) is 0. The maximum atomic E-state index is 14.5. The maximum absolute atomic E-state index is 14.5. The first-order valence-corrected chi connectivity index (χ1v) is 11.0. The lowest BCUT2D eigenvalue weighted by Gasteiger charge is -2.42. The van der Waals surface area contributed by atoms with Gasteiger partial charge in [-0.25, -0.2) is 4.39 Å². The zero-order chi connectivity index (χ0) is 18.8. The van der Waals surface area contributed by atoms with Crippen LogP contribution in [0.3, 0.4) is 0 Å². The second-order valence-electron chi connectivity index (χ2n) is 9.00. The second-order valence-corrected chi connectivity index (χ2v) is 9.00. The van der Waals surface area contributed by atoms with Crippen LogP contribution in [0.4, 0.5) is 4.39 Å². The van der Waals surface area contributed by atoms with E-state index in [4.69, 9.17) is 0 Å². The van der Waals surface area contributed by atoms with Gasteiger partial charge < -0.3 is 0 Å². The highest BCUT2D eigenvalue weighted by Crippen LogP contribution is 2.48. The molecule has 2 unspecified atom stereocenters. The van der Waals surface area contributed by atoms with E-state index in [1.165, 1.54) is 50.5 Å². The molecule has 144 valence electrons. The summed E-state index contributed by atoms with van der Waals surface area (Å²) in [6.45, 7) is 6.10. The average Bonchev–Trinajstić information content (AvgIpc) is 2.71. The number of aryl methyl sites for hydroxylation is 1. The molecule has 1 heteroatoms. The zero-order valence-electron chi connectivity index (χ0n) is 16.7. The third kappa shape index (κ3) is 3.98. The normalized spacial score (nSPS) is 28.1. The van der Waals surface area contributed by atoms with Crippen molar-refractivity contribution in [2.24, 2.45) is 17.8 Å². The zero-order valence-corrected chi connectivity index (χ0v) is 16.7. The van der Waals surface area contributed by atoms with Crippen molar-refractivity contribution in [1.82, 2.24) is 0 Å². The largest absolute Gasteiger partial charge is 0.207 e. The Labute approximate surface area is 163 Å². The Kier molecular flexibility index (Phi) is 5.66. The summed E-state index contributed by atoms with van der Waals surface area (Å²) in [5.41, 5.74) is 2.24. The van der Waals surface area contributed by atoms with E-state index in [0.717, 1.165) is 46.9 Å². The summed E-state index contributed by atoms with van der Waals surface area (Å²) in [6, 6.07) is 10.6. The monoisotopic (exact) mass is 364 g/mol. The maximum Gasteiger partial charge on any atom is 0.127 e. The fraction of sp³-hybridized carbons (Fsp3) is 0.538. The van der Waals surface area contributed by atoms with Crippen LogP contribution in [0.1, 0.15) is 75.3 Å². The molecule has 4 rings (SSSR count). The predicted octanol–water partition coefficient (Wildman–Crippen LogP) is 7.81. The minimum atomic E-state index is -0.0666. The lowest BCUT2D eigenvalue weighted by molar-refractivity contribution is 0.116. The Balaban J connectivity index is 1.52. The topological polar surface area (TPSA) is 0 Å².